The van der Waals surface area contributed by atoms with E-state index in [0.29, 0.717) is 18.7 Å². The molecule has 0 unspecified atom stereocenters. The van der Waals surface area contributed by atoms with Gasteiger partial charge in [0.05, 0.1) is 0 Å². The van der Waals surface area contributed by atoms with Crippen LogP contribution in [0.15, 0.2) is 54.6 Å². The van der Waals surface area contributed by atoms with E-state index in [-0.39, 0.29) is 18.4 Å². The number of anilines is 1. The van der Waals surface area contributed by atoms with Crippen molar-refractivity contribution in [2.45, 2.75) is 19.4 Å². The first-order chi connectivity index (χ1) is 12.1. The van der Waals surface area contributed by atoms with Crippen molar-refractivity contribution in [3.63, 3.8) is 0 Å². The second kappa shape index (κ2) is 7.83. The van der Waals surface area contributed by atoms with Crippen LogP contribution in [0.4, 0.5) is 5.69 Å². The highest BCUT2D eigenvalue weighted by atomic mass is 16.5. The van der Waals surface area contributed by atoms with E-state index in [1.54, 1.807) is 29.0 Å². The number of hydrogen-bond acceptors (Lipinski definition) is 3. The number of likely N-dealkylation sites (N-methyl/N-ethyl adjacent to an activating group) is 1. The molecule has 2 amide bonds. The minimum Gasteiger partial charge on any atom is -0.484 e. The minimum atomic E-state index is -0.0809. The zero-order valence-corrected chi connectivity index (χ0v) is 14.4. The summed E-state index contributed by atoms with van der Waals surface area (Å²) in [6.07, 6.45) is 1.51. The van der Waals surface area contributed by atoms with E-state index in [9.17, 15) is 9.59 Å². The fourth-order valence-electron chi connectivity index (χ4n) is 2.84. The van der Waals surface area contributed by atoms with E-state index in [1.807, 2.05) is 42.5 Å². The Balaban J connectivity index is 1.51. The average Bonchev–Trinajstić information content (AvgIpc) is 3.07. The van der Waals surface area contributed by atoms with Crippen molar-refractivity contribution in [3.05, 3.63) is 60.2 Å². The van der Waals surface area contributed by atoms with Gasteiger partial charge in [0, 0.05) is 32.2 Å². The Kier molecular flexibility index (Phi) is 5.33. The maximum Gasteiger partial charge on any atom is 0.260 e. The van der Waals surface area contributed by atoms with Crippen LogP contribution in [0.1, 0.15) is 18.4 Å². The largest absolute Gasteiger partial charge is 0.484 e. The molecule has 2 aromatic rings. The topological polar surface area (TPSA) is 49.9 Å². The Morgan fingerprint density at radius 1 is 1.12 bits per heavy atom. The molecule has 0 spiro atoms. The van der Waals surface area contributed by atoms with Crippen molar-refractivity contribution in [1.29, 1.82) is 0 Å². The maximum atomic E-state index is 12.2. The molecule has 0 N–H and O–H groups in total. The molecule has 0 bridgehead atoms. The molecule has 1 saturated heterocycles. The number of carbonyl (C=O) groups is 2. The van der Waals surface area contributed by atoms with E-state index < -0.39 is 0 Å². The van der Waals surface area contributed by atoms with Crippen LogP contribution in [-0.4, -0.2) is 36.9 Å². The number of carbonyl (C=O) groups excluding carboxylic acids is 2. The molecule has 1 aliphatic heterocycles. The molecule has 0 saturated carbocycles. The third kappa shape index (κ3) is 4.38. The molecule has 0 radical (unpaired) electrons. The van der Waals surface area contributed by atoms with Gasteiger partial charge in [-0.3, -0.25) is 9.59 Å². The van der Waals surface area contributed by atoms with Gasteiger partial charge < -0.3 is 14.5 Å². The van der Waals surface area contributed by atoms with Gasteiger partial charge in [-0.05, 0) is 36.2 Å². The van der Waals surface area contributed by atoms with Gasteiger partial charge in [-0.2, -0.15) is 0 Å². The quantitative estimate of drug-likeness (QED) is 0.814. The van der Waals surface area contributed by atoms with Gasteiger partial charge in [0.25, 0.3) is 5.91 Å². The van der Waals surface area contributed by atoms with Crippen molar-refractivity contribution >= 4 is 17.5 Å². The lowest BCUT2D eigenvalue weighted by Gasteiger charge is -2.18. The van der Waals surface area contributed by atoms with Crippen LogP contribution in [0.3, 0.4) is 0 Å². The molecule has 0 aromatic heterocycles. The number of ether oxygens (including phenoxy) is 1. The molecule has 25 heavy (non-hydrogen) atoms. The molecular weight excluding hydrogens is 316 g/mol. The zero-order chi connectivity index (χ0) is 17.6. The van der Waals surface area contributed by atoms with Crippen molar-refractivity contribution in [2.24, 2.45) is 0 Å². The standard InChI is InChI=1S/C20H22N2O3/c1-21(14-16-6-3-2-4-7-16)20(24)15-25-18-11-9-17(10-12-18)22-13-5-8-19(22)23/h2-4,6-7,9-12H,5,8,13-15H2,1H3. The molecule has 130 valence electrons. The van der Waals surface area contributed by atoms with E-state index in [2.05, 4.69) is 0 Å². The second-order valence-corrected chi connectivity index (χ2v) is 6.17. The third-order valence-corrected chi connectivity index (χ3v) is 4.27. The molecule has 5 nitrogen and oxygen atoms in total. The molecule has 3 rings (SSSR count). The summed E-state index contributed by atoms with van der Waals surface area (Å²) < 4.78 is 5.58. The van der Waals surface area contributed by atoms with E-state index >= 15 is 0 Å². The van der Waals surface area contributed by atoms with Gasteiger partial charge in [0.15, 0.2) is 6.61 Å². The average molecular weight is 338 g/mol. The van der Waals surface area contributed by atoms with Crippen LogP contribution >= 0.6 is 0 Å². The predicted octanol–water partition coefficient (Wildman–Crippen LogP) is 2.85. The Hall–Kier alpha value is -2.82. The highest BCUT2D eigenvalue weighted by Crippen LogP contribution is 2.23. The smallest absolute Gasteiger partial charge is 0.260 e. The van der Waals surface area contributed by atoms with Crippen molar-refractivity contribution in [3.8, 4) is 5.75 Å². The monoisotopic (exact) mass is 338 g/mol. The molecule has 2 aromatic carbocycles. The fraction of sp³-hybridized carbons (Fsp3) is 0.300. The summed E-state index contributed by atoms with van der Waals surface area (Å²) in [7, 11) is 1.76. The van der Waals surface area contributed by atoms with Gasteiger partial charge in [0.2, 0.25) is 5.91 Å². The molecule has 0 aliphatic carbocycles. The van der Waals surface area contributed by atoms with Gasteiger partial charge in [0.1, 0.15) is 5.75 Å². The van der Waals surface area contributed by atoms with E-state index in [4.69, 9.17) is 4.74 Å². The van der Waals surface area contributed by atoms with E-state index in [0.717, 1.165) is 24.2 Å². The third-order valence-electron chi connectivity index (χ3n) is 4.27. The normalized spacial score (nSPS) is 13.8. The molecule has 0 atom stereocenters. The molecule has 1 heterocycles. The first kappa shape index (κ1) is 17.0. The molecule has 1 fully saturated rings. The lowest BCUT2D eigenvalue weighted by Crippen LogP contribution is -2.30. The summed E-state index contributed by atoms with van der Waals surface area (Å²) in [5.74, 6) is 0.700. The second-order valence-electron chi connectivity index (χ2n) is 6.17. The van der Waals surface area contributed by atoms with Crippen LogP contribution in [-0.2, 0) is 16.1 Å². The van der Waals surface area contributed by atoms with Crippen LogP contribution in [0.5, 0.6) is 5.75 Å². The summed E-state index contributed by atoms with van der Waals surface area (Å²) in [6, 6.07) is 17.2. The highest BCUT2D eigenvalue weighted by Gasteiger charge is 2.21. The Bertz CT molecular complexity index is 728. The van der Waals surface area contributed by atoms with Crippen LogP contribution in [0.25, 0.3) is 0 Å². The highest BCUT2D eigenvalue weighted by molar-refractivity contribution is 5.95. The predicted molar refractivity (Wildman–Crippen MR) is 96.4 cm³/mol. The van der Waals surface area contributed by atoms with Gasteiger partial charge in [-0.15, -0.1) is 0 Å². The summed E-state index contributed by atoms with van der Waals surface area (Å²) >= 11 is 0. The summed E-state index contributed by atoms with van der Waals surface area (Å²) in [5, 5.41) is 0. The summed E-state index contributed by atoms with van der Waals surface area (Å²) in [5.41, 5.74) is 1.96. The Morgan fingerprint density at radius 2 is 1.84 bits per heavy atom. The molecule has 5 heteroatoms. The van der Waals surface area contributed by atoms with Crippen LogP contribution in [0.2, 0.25) is 0 Å². The Morgan fingerprint density at radius 3 is 2.48 bits per heavy atom. The van der Waals surface area contributed by atoms with Gasteiger partial charge in [-0.25, -0.2) is 0 Å². The summed E-state index contributed by atoms with van der Waals surface area (Å²) in [4.78, 5) is 27.4. The van der Waals surface area contributed by atoms with Gasteiger partial charge in [-0.1, -0.05) is 30.3 Å². The SMILES string of the molecule is CN(Cc1ccccc1)C(=O)COc1ccc(N2CCCC2=O)cc1. The lowest BCUT2D eigenvalue weighted by molar-refractivity contribution is -0.132. The van der Waals surface area contributed by atoms with Crippen LogP contribution in [0, 0.1) is 0 Å². The number of rotatable bonds is 6. The van der Waals surface area contributed by atoms with Crippen molar-refractivity contribution < 1.29 is 14.3 Å². The Labute approximate surface area is 147 Å². The zero-order valence-electron chi connectivity index (χ0n) is 14.4. The van der Waals surface area contributed by atoms with Crippen LogP contribution < -0.4 is 9.64 Å². The van der Waals surface area contributed by atoms with Gasteiger partial charge >= 0.3 is 0 Å². The number of hydrogen-bond donors (Lipinski definition) is 0. The first-order valence-electron chi connectivity index (χ1n) is 8.44. The minimum absolute atomic E-state index is 0.00861. The lowest BCUT2D eigenvalue weighted by atomic mass is 10.2. The number of amides is 2. The summed E-state index contributed by atoms with van der Waals surface area (Å²) in [6.45, 7) is 1.31. The molecule has 1 aliphatic rings. The molecular formula is C20H22N2O3. The maximum absolute atomic E-state index is 12.2. The van der Waals surface area contributed by atoms with Crippen molar-refractivity contribution in [2.75, 3.05) is 25.1 Å². The fourth-order valence-corrected chi connectivity index (χ4v) is 2.84. The first-order valence-corrected chi connectivity index (χ1v) is 8.44. The van der Waals surface area contributed by atoms with E-state index in [1.165, 1.54) is 0 Å². The number of benzene rings is 2. The van der Waals surface area contributed by atoms with Crippen molar-refractivity contribution in [1.82, 2.24) is 4.90 Å². The number of nitrogens with zero attached hydrogens (tertiary/aromatic N) is 2.